The van der Waals surface area contributed by atoms with E-state index < -0.39 is 23.6 Å². The van der Waals surface area contributed by atoms with Crippen LogP contribution in [-0.2, 0) is 28.6 Å². The predicted molar refractivity (Wildman–Crippen MR) is 75.6 cm³/mol. The molecule has 2 heterocycles. The lowest BCUT2D eigenvalue weighted by Crippen LogP contribution is -2.49. The fraction of sp³-hybridized carbons (Fsp3) is 0.400. The molecule has 7 heteroatoms. The summed E-state index contributed by atoms with van der Waals surface area (Å²) in [5.41, 5.74) is -1.40. The number of methoxy groups -OCH3 is 2. The normalized spacial score (nSPS) is 25.6. The number of ether oxygens (including phenoxy) is 3. The number of hydrogen-bond acceptors (Lipinski definition) is 7. The Bertz CT molecular complexity index is 605. The predicted octanol–water partition coefficient (Wildman–Crippen LogP) is -0.0192. The van der Waals surface area contributed by atoms with Gasteiger partial charge in [-0.15, -0.1) is 6.58 Å². The quantitative estimate of drug-likeness (QED) is 0.387. The zero-order valence-corrected chi connectivity index (χ0v) is 12.6. The number of likely N-dealkylation sites (N-methyl/N-ethyl adjacent to an activating group) is 1. The number of hydrogen-bond donors (Lipinski definition) is 0. The highest BCUT2D eigenvalue weighted by atomic mass is 16.6. The number of fused-ring (bicyclic) bond motifs is 2. The fourth-order valence-electron chi connectivity index (χ4n) is 2.81. The average Bonchev–Trinajstić information content (AvgIpc) is 3.07. The van der Waals surface area contributed by atoms with Crippen LogP contribution in [0.5, 0.6) is 0 Å². The molecule has 0 aromatic rings. The van der Waals surface area contributed by atoms with Gasteiger partial charge in [-0.05, 0) is 6.08 Å². The van der Waals surface area contributed by atoms with E-state index in [0.29, 0.717) is 18.5 Å². The van der Waals surface area contributed by atoms with E-state index in [1.807, 2.05) is 0 Å². The maximum atomic E-state index is 12.4. The lowest BCUT2D eigenvalue weighted by Gasteiger charge is -2.33. The van der Waals surface area contributed by atoms with Crippen LogP contribution in [0.3, 0.4) is 0 Å². The molecular formula is C15H17NO6. The third-order valence-electron chi connectivity index (χ3n) is 3.72. The zero-order chi connectivity index (χ0) is 16.5. The second kappa shape index (κ2) is 5.76. The van der Waals surface area contributed by atoms with Crippen LogP contribution in [0, 0.1) is 0 Å². The van der Waals surface area contributed by atoms with Crippen LogP contribution >= 0.6 is 0 Å². The summed E-state index contributed by atoms with van der Waals surface area (Å²) in [5, 5.41) is 0. The lowest BCUT2D eigenvalue weighted by atomic mass is 9.83. The Morgan fingerprint density at radius 3 is 2.64 bits per heavy atom. The molecule has 2 unspecified atom stereocenters. The second-order valence-corrected chi connectivity index (χ2v) is 4.87. The van der Waals surface area contributed by atoms with Gasteiger partial charge in [0.15, 0.2) is 0 Å². The molecule has 2 atom stereocenters. The number of nitrogens with zero attached hydrogens (tertiary/aromatic N) is 1. The minimum Gasteiger partial charge on any atom is -0.466 e. The van der Waals surface area contributed by atoms with Crippen LogP contribution in [-0.4, -0.2) is 62.6 Å². The Kier molecular flexibility index (Phi) is 4.18. The summed E-state index contributed by atoms with van der Waals surface area (Å²) >= 11 is 0. The number of esters is 2. The average molecular weight is 307 g/mol. The molecule has 2 aliphatic heterocycles. The number of rotatable bonds is 6. The number of carbonyl (C=O) groups excluding carboxylic acids is 3. The zero-order valence-electron chi connectivity index (χ0n) is 12.6. The topological polar surface area (TPSA) is 82.1 Å². The van der Waals surface area contributed by atoms with Crippen LogP contribution in [0.25, 0.3) is 0 Å². The van der Waals surface area contributed by atoms with Crippen molar-refractivity contribution in [2.24, 2.45) is 0 Å². The minimum atomic E-state index is -1.78. The summed E-state index contributed by atoms with van der Waals surface area (Å²) in [5.74, 6) is -1.58. The summed E-state index contributed by atoms with van der Waals surface area (Å²) in [6.07, 6.45) is 2.98. The molecule has 2 aliphatic rings. The van der Waals surface area contributed by atoms with Gasteiger partial charge in [-0.2, -0.15) is 0 Å². The Balaban J connectivity index is 2.63. The van der Waals surface area contributed by atoms with Crippen molar-refractivity contribution in [1.82, 2.24) is 4.90 Å². The first-order valence-electron chi connectivity index (χ1n) is 6.56. The lowest BCUT2D eigenvalue weighted by molar-refractivity contribution is -0.161. The molecule has 118 valence electrons. The van der Waals surface area contributed by atoms with E-state index in [9.17, 15) is 14.4 Å². The van der Waals surface area contributed by atoms with Crippen molar-refractivity contribution in [2.75, 3.05) is 27.8 Å². The first-order valence-corrected chi connectivity index (χ1v) is 6.56. The van der Waals surface area contributed by atoms with E-state index in [-0.39, 0.29) is 11.1 Å². The van der Waals surface area contributed by atoms with Crippen LogP contribution in [0.15, 0.2) is 35.6 Å². The maximum Gasteiger partial charge on any atom is 0.349 e. The molecule has 0 saturated carbocycles. The fourth-order valence-corrected chi connectivity index (χ4v) is 2.81. The summed E-state index contributed by atoms with van der Waals surface area (Å²) in [6, 6.07) is 0. The molecular weight excluding hydrogens is 290 g/mol. The summed E-state index contributed by atoms with van der Waals surface area (Å²) in [4.78, 5) is 37.6. The molecule has 0 aromatic heterocycles. The van der Waals surface area contributed by atoms with Crippen molar-refractivity contribution in [2.45, 2.75) is 11.7 Å². The van der Waals surface area contributed by atoms with E-state index in [2.05, 4.69) is 6.58 Å². The van der Waals surface area contributed by atoms with Crippen molar-refractivity contribution in [3.8, 4) is 0 Å². The first kappa shape index (κ1) is 16.0. The molecule has 2 bridgehead atoms. The molecule has 0 fully saturated rings. The highest BCUT2D eigenvalue weighted by Crippen LogP contribution is 2.49. The van der Waals surface area contributed by atoms with Gasteiger partial charge in [-0.1, -0.05) is 6.08 Å². The van der Waals surface area contributed by atoms with Crippen molar-refractivity contribution in [1.29, 1.82) is 0 Å². The van der Waals surface area contributed by atoms with Crippen LogP contribution in [0.2, 0.25) is 0 Å². The van der Waals surface area contributed by atoms with E-state index in [1.54, 1.807) is 24.1 Å². The van der Waals surface area contributed by atoms with E-state index in [1.165, 1.54) is 14.2 Å². The SMILES string of the molecule is C=CCN(C)C1=CC2OC1(C(=O)OC)C(C(=O)OC)=C2C=O. The summed E-state index contributed by atoms with van der Waals surface area (Å²) in [6.45, 7) is 4.06. The van der Waals surface area contributed by atoms with Gasteiger partial charge in [-0.3, -0.25) is 4.79 Å². The van der Waals surface area contributed by atoms with Gasteiger partial charge in [0.25, 0.3) is 0 Å². The molecule has 2 rings (SSSR count). The molecule has 7 nitrogen and oxygen atoms in total. The van der Waals surface area contributed by atoms with Crippen molar-refractivity contribution >= 4 is 18.2 Å². The Hall–Kier alpha value is -2.41. The molecule has 0 spiro atoms. The third-order valence-corrected chi connectivity index (χ3v) is 3.72. The monoisotopic (exact) mass is 307 g/mol. The van der Waals surface area contributed by atoms with E-state index in [4.69, 9.17) is 14.2 Å². The van der Waals surface area contributed by atoms with Crippen molar-refractivity contribution < 1.29 is 28.6 Å². The number of aldehydes is 1. The maximum absolute atomic E-state index is 12.4. The summed E-state index contributed by atoms with van der Waals surface area (Å²) < 4.78 is 15.2. The van der Waals surface area contributed by atoms with Gasteiger partial charge in [0, 0.05) is 19.2 Å². The van der Waals surface area contributed by atoms with Gasteiger partial charge in [0.05, 0.1) is 25.5 Å². The molecule has 22 heavy (non-hydrogen) atoms. The minimum absolute atomic E-state index is 0.0769. The van der Waals surface area contributed by atoms with E-state index >= 15 is 0 Å². The Morgan fingerprint density at radius 1 is 1.45 bits per heavy atom. The number of carbonyl (C=O) groups is 3. The highest BCUT2D eigenvalue weighted by Gasteiger charge is 2.63. The smallest absolute Gasteiger partial charge is 0.349 e. The third kappa shape index (κ3) is 1.97. The standard InChI is InChI=1S/C15H17NO6/c1-5-6-16(2)11-7-10-9(8-17)12(13(18)20-3)15(11,22-10)14(19)21-4/h5,7-8,10H,1,6H2,2-4H3. The largest absolute Gasteiger partial charge is 0.466 e. The molecule has 0 aromatic carbocycles. The van der Waals surface area contributed by atoms with Gasteiger partial charge in [0.2, 0.25) is 5.60 Å². The van der Waals surface area contributed by atoms with Gasteiger partial charge >= 0.3 is 11.9 Å². The molecule has 0 radical (unpaired) electrons. The first-order chi connectivity index (χ1) is 10.5. The molecule has 0 aliphatic carbocycles. The molecule has 0 N–H and O–H groups in total. The van der Waals surface area contributed by atoms with E-state index in [0.717, 1.165) is 0 Å². The van der Waals surface area contributed by atoms with Crippen LogP contribution < -0.4 is 0 Å². The van der Waals surface area contributed by atoms with Crippen molar-refractivity contribution in [3.05, 3.63) is 35.6 Å². The summed E-state index contributed by atoms with van der Waals surface area (Å²) in [7, 11) is 4.08. The molecule has 0 amide bonds. The van der Waals surface area contributed by atoms with Gasteiger partial charge < -0.3 is 19.1 Å². The Morgan fingerprint density at radius 2 is 2.14 bits per heavy atom. The second-order valence-electron chi connectivity index (χ2n) is 4.87. The van der Waals surface area contributed by atoms with Crippen LogP contribution in [0.4, 0.5) is 0 Å². The Labute approximate surface area is 127 Å². The van der Waals surface area contributed by atoms with Crippen LogP contribution in [0.1, 0.15) is 0 Å². The highest BCUT2D eigenvalue weighted by molar-refractivity contribution is 6.09. The van der Waals surface area contributed by atoms with Gasteiger partial charge in [-0.25, -0.2) is 9.59 Å². The van der Waals surface area contributed by atoms with Crippen molar-refractivity contribution in [3.63, 3.8) is 0 Å². The van der Waals surface area contributed by atoms with Gasteiger partial charge in [0.1, 0.15) is 12.4 Å². The molecule has 0 saturated heterocycles.